The minimum absolute atomic E-state index is 0.00614. The van der Waals surface area contributed by atoms with Gasteiger partial charge in [0.1, 0.15) is 5.69 Å². The first-order valence-corrected chi connectivity index (χ1v) is 9.74. The maximum Gasteiger partial charge on any atom is 0.270 e. The Balaban J connectivity index is 1.65. The van der Waals surface area contributed by atoms with Crippen molar-refractivity contribution in [3.63, 3.8) is 0 Å². The molecule has 2 aromatic rings. The minimum Gasteiger partial charge on any atom is -0.347 e. The van der Waals surface area contributed by atoms with Gasteiger partial charge in [-0.1, -0.05) is 11.8 Å². The van der Waals surface area contributed by atoms with Crippen molar-refractivity contribution in [3.05, 3.63) is 53.6 Å². The zero-order valence-electron chi connectivity index (χ0n) is 17.3. The Morgan fingerprint density at radius 3 is 2.48 bits per heavy atom. The highest BCUT2D eigenvalue weighted by atomic mass is 16.2. The van der Waals surface area contributed by atoms with Crippen LogP contribution in [0.3, 0.4) is 0 Å². The van der Waals surface area contributed by atoms with Crippen molar-refractivity contribution in [1.82, 2.24) is 24.3 Å². The Hall–Kier alpha value is -3.11. The van der Waals surface area contributed by atoms with E-state index >= 15 is 0 Å². The van der Waals surface area contributed by atoms with Crippen molar-refractivity contribution < 1.29 is 9.59 Å². The molecule has 0 unspecified atom stereocenters. The molecule has 1 aliphatic heterocycles. The summed E-state index contributed by atoms with van der Waals surface area (Å²) in [4.78, 5) is 35.5. The van der Waals surface area contributed by atoms with E-state index in [4.69, 9.17) is 0 Å². The van der Waals surface area contributed by atoms with Crippen LogP contribution in [0.4, 0.5) is 0 Å². The topological polar surface area (TPSA) is 61.7 Å². The smallest absolute Gasteiger partial charge is 0.270 e. The number of aromatic nitrogens is 2. The van der Waals surface area contributed by atoms with Crippen LogP contribution in [-0.4, -0.2) is 82.9 Å². The van der Waals surface area contributed by atoms with E-state index in [0.717, 1.165) is 12.0 Å². The standard InChI is InChI=1S/C22H27N5O2/c1-24(2)9-4-7-18-15-19(17-23-16-18)21(28)26-11-6-12-27(14-13-26)22(29)20-8-5-10-25(20)3/h5,8,10,15-17H,6,9,11-14H2,1-3H3. The van der Waals surface area contributed by atoms with Gasteiger partial charge in [0.05, 0.1) is 12.1 Å². The van der Waals surface area contributed by atoms with E-state index in [1.807, 2.05) is 53.8 Å². The molecule has 0 N–H and O–H groups in total. The van der Waals surface area contributed by atoms with Gasteiger partial charge in [-0.15, -0.1) is 0 Å². The Kier molecular flexibility index (Phi) is 6.68. The molecule has 7 nitrogen and oxygen atoms in total. The largest absolute Gasteiger partial charge is 0.347 e. The number of carbonyl (C=O) groups excluding carboxylic acids is 2. The number of hydrogen-bond acceptors (Lipinski definition) is 4. The number of pyridine rings is 1. The maximum atomic E-state index is 13.0. The van der Waals surface area contributed by atoms with Crippen LogP contribution in [0.5, 0.6) is 0 Å². The first-order valence-electron chi connectivity index (χ1n) is 9.74. The fraction of sp³-hybridized carbons (Fsp3) is 0.409. The second-order valence-corrected chi connectivity index (χ2v) is 7.44. The highest BCUT2D eigenvalue weighted by Crippen LogP contribution is 2.13. The van der Waals surface area contributed by atoms with Crippen LogP contribution < -0.4 is 0 Å². The van der Waals surface area contributed by atoms with Gasteiger partial charge in [0, 0.05) is 57.4 Å². The molecule has 2 amide bonds. The summed E-state index contributed by atoms with van der Waals surface area (Å²) in [6.45, 7) is 2.93. The summed E-state index contributed by atoms with van der Waals surface area (Å²) in [7, 11) is 5.78. The van der Waals surface area contributed by atoms with Gasteiger partial charge >= 0.3 is 0 Å². The molecule has 3 heterocycles. The van der Waals surface area contributed by atoms with E-state index in [-0.39, 0.29) is 11.8 Å². The van der Waals surface area contributed by atoms with E-state index in [1.54, 1.807) is 23.4 Å². The van der Waals surface area contributed by atoms with E-state index in [1.165, 1.54) is 0 Å². The third-order valence-electron chi connectivity index (χ3n) is 4.85. The second-order valence-electron chi connectivity index (χ2n) is 7.44. The zero-order chi connectivity index (χ0) is 20.8. The lowest BCUT2D eigenvalue weighted by molar-refractivity contribution is 0.0713. The Bertz CT molecular complexity index is 938. The Morgan fingerprint density at radius 1 is 1.10 bits per heavy atom. The molecule has 3 rings (SSSR count). The van der Waals surface area contributed by atoms with Crippen LogP contribution in [-0.2, 0) is 7.05 Å². The van der Waals surface area contributed by atoms with Crippen molar-refractivity contribution in [2.24, 2.45) is 7.05 Å². The lowest BCUT2D eigenvalue weighted by Crippen LogP contribution is -2.37. The third kappa shape index (κ3) is 5.24. The van der Waals surface area contributed by atoms with Crippen LogP contribution in [0.25, 0.3) is 0 Å². The van der Waals surface area contributed by atoms with Crippen LogP contribution >= 0.6 is 0 Å². The average molecular weight is 393 g/mol. The fourth-order valence-electron chi connectivity index (χ4n) is 3.28. The summed E-state index contributed by atoms with van der Waals surface area (Å²) in [5, 5.41) is 0. The van der Waals surface area contributed by atoms with Gasteiger partial charge in [-0.25, -0.2) is 0 Å². The highest BCUT2D eigenvalue weighted by Gasteiger charge is 2.24. The third-order valence-corrected chi connectivity index (χ3v) is 4.85. The summed E-state index contributed by atoms with van der Waals surface area (Å²) in [6.07, 6.45) is 5.86. The van der Waals surface area contributed by atoms with E-state index < -0.39 is 0 Å². The van der Waals surface area contributed by atoms with Crippen LogP contribution in [0.15, 0.2) is 36.8 Å². The van der Waals surface area contributed by atoms with E-state index in [2.05, 4.69) is 16.8 Å². The van der Waals surface area contributed by atoms with Crippen LogP contribution in [0.1, 0.15) is 32.8 Å². The molecule has 0 spiro atoms. The van der Waals surface area contributed by atoms with Gasteiger partial charge in [0.25, 0.3) is 11.8 Å². The quantitative estimate of drug-likeness (QED) is 0.738. The summed E-state index contributed by atoms with van der Waals surface area (Å²) in [5.74, 6) is 6.05. The monoisotopic (exact) mass is 393 g/mol. The van der Waals surface area contributed by atoms with Gasteiger partial charge in [-0.3, -0.25) is 19.5 Å². The molecule has 7 heteroatoms. The molecule has 1 fully saturated rings. The summed E-state index contributed by atoms with van der Waals surface area (Å²) in [6, 6.07) is 5.47. The van der Waals surface area contributed by atoms with Crippen LogP contribution in [0.2, 0.25) is 0 Å². The minimum atomic E-state index is -0.0677. The molecule has 0 saturated carbocycles. The molecule has 2 aromatic heterocycles. The molecule has 1 aliphatic rings. The summed E-state index contributed by atoms with van der Waals surface area (Å²) in [5.41, 5.74) is 1.93. The molecule has 152 valence electrons. The molecule has 0 bridgehead atoms. The lowest BCUT2D eigenvalue weighted by atomic mass is 10.2. The molecule has 1 saturated heterocycles. The molecule has 0 radical (unpaired) electrons. The predicted octanol–water partition coefficient (Wildman–Crippen LogP) is 1.32. The molecular formula is C22H27N5O2. The van der Waals surface area contributed by atoms with Gasteiger partial charge in [0.2, 0.25) is 0 Å². The van der Waals surface area contributed by atoms with Crippen molar-refractivity contribution in [1.29, 1.82) is 0 Å². The summed E-state index contributed by atoms with van der Waals surface area (Å²) < 4.78 is 1.82. The van der Waals surface area contributed by atoms with Crippen molar-refractivity contribution in [2.45, 2.75) is 6.42 Å². The average Bonchev–Trinajstić information content (AvgIpc) is 2.98. The molecule has 0 aliphatic carbocycles. The summed E-state index contributed by atoms with van der Waals surface area (Å²) >= 11 is 0. The van der Waals surface area contributed by atoms with Gasteiger partial charge in [-0.2, -0.15) is 0 Å². The Labute approximate surface area is 171 Å². The predicted molar refractivity (Wildman–Crippen MR) is 112 cm³/mol. The van der Waals surface area contributed by atoms with E-state index in [0.29, 0.717) is 44.0 Å². The molecule has 0 atom stereocenters. The van der Waals surface area contributed by atoms with Gasteiger partial charge < -0.3 is 14.4 Å². The van der Waals surface area contributed by atoms with Gasteiger partial charge in [-0.05, 0) is 38.7 Å². The zero-order valence-corrected chi connectivity index (χ0v) is 17.3. The normalized spacial score (nSPS) is 14.3. The second kappa shape index (κ2) is 9.39. The molecule has 29 heavy (non-hydrogen) atoms. The van der Waals surface area contributed by atoms with E-state index in [9.17, 15) is 9.59 Å². The SMILES string of the molecule is CN(C)CC#Cc1cncc(C(=O)N2CCCN(C(=O)c3cccn3C)CC2)c1. The first kappa shape index (κ1) is 20.6. The van der Waals surface area contributed by atoms with Crippen molar-refractivity contribution in [3.8, 4) is 11.8 Å². The molecular weight excluding hydrogens is 366 g/mol. The number of amides is 2. The highest BCUT2D eigenvalue weighted by molar-refractivity contribution is 5.95. The number of carbonyl (C=O) groups is 2. The molecule has 0 aromatic carbocycles. The number of rotatable bonds is 3. The lowest BCUT2D eigenvalue weighted by Gasteiger charge is -2.22. The number of aryl methyl sites for hydroxylation is 1. The first-order chi connectivity index (χ1) is 14.0. The van der Waals surface area contributed by atoms with Crippen molar-refractivity contribution in [2.75, 3.05) is 46.8 Å². The van der Waals surface area contributed by atoms with Gasteiger partial charge in [0.15, 0.2) is 0 Å². The van der Waals surface area contributed by atoms with Crippen LogP contribution in [0, 0.1) is 11.8 Å². The number of nitrogens with zero attached hydrogens (tertiary/aromatic N) is 5. The van der Waals surface area contributed by atoms with Crippen molar-refractivity contribution >= 4 is 11.8 Å². The Morgan fingerprint density at radius 2 is 1.83 bits per heavy atom. The number of hydrogen-bond donors (Lipinski definition) is 0. The fourth-order valence-corrected chi connectivity index (χ4v) is 3.28. The maximum absolute atomic E-state index is 13.0.